The predicted molar refractivity (Wildman–Crippen MR) is 233 cm³/mol. The van der Waals surface area contributed by atoms with Gasteiger partial charge in [-0.1, -0.05) is 173 Å². The van der Waals surface area contributed by atoms with Crippen LogP contribution >= 0.6 is 7.82 Å². The third kappa shape index (κ3) is 43.5. The van der Waals surface area contributed by atoms with Crippen molar-refractivity contribution < 1.29 is 42.1 Å². The van der Waals surface area contributed by atoms with Gasteiger partial charge in [-0.3, -0.25) is 14.2 Å². The molecule has 0 amide bonds. The second kappa shape index (κ2) is 39.6. The molecule has 0 radical (unpaired) electrons. The van der Waals surface area contributed by atoms with E-state index < -0.39 is 32.5 Å². The highest BCUT2D eigenvalue weighted by molar-refractivity contribution is 7.45. The van der Waals surface area contributed by atoms with Gasteiger partial charge in [0.2, 0.25) is 0 Å². The van der Waals surface area contributed by atoms with Crippen LogP contribution in [0.2, 0.25) is 0 Å². The third-order valence-electron chi connectivity index (χ3n) is 9.97. The Labute approximate surface area is 351 Å². The second-order valence-electron chi connectivity index (χ2n) is 16.8. The normalized spacial score (nSPS) is 12.9. The van der Waals surface area contributed by atoms with Gasteiger partial charge in [-0.25, -0.2) is 0 Å². The molecule has 0 aliphatic carbocycles. The molecule has 0 aromatic carbocycles. The van der Waals surface area contributed by atoms with Crippen LogP contribution < -0.4 is 4.89 Å². The molecule has 0 aliphatic rings. The summed E-state index contributed by atoms with van der Waals surface area (Å²) < 4.78 is 33.9. The Kier molecular flexibility index (Phi) is 38.3. The maximum absolute atomic E-state index is 12.7. The fraction of sp³-hybridized carbons (Fsp3) is 0.872. The number of rotatable bonds is 40. The number of esters is 2. The quantitative estimate of drug-likeness (QED) is 0.0197. The van der Waals surface area contributed by atoms with Gasteiger partial charge in [-0.05, 0) is 37.5 Å². The summed E-state index contributed by atoms with van der Waals surface area (Å²) in [5.41, 5.74) is 0. The van der Waals surface area contributed by atoms with Gasteiger partial charge in [0.15, 0.2) is 6.10 Å². The summed E-state index contributed by atoms with van der Waals surface area (Å²) in [4.78, 5) is 37.5. The minimum atomic E-state index is -4.63. The van der Waals surface area contributed by atoms with Crippen LogP contribution in [0.25, 0.3) is 0 Å². The van der Waals surface area contributed by atoms with Crippen molar-refractivity contribution in [1.29, 1.82) is 0 Å². The minimum absolute atomic E-state index is 0.0373. The van der Waals surface area contributed by atoms with Crippen molar-refractivity contribution in [3.8, 4) is 23.7 Å². The Bertz CT molecular complexity index is 1130. The molecule has 0 aromatic rings. The van der Waals surface area contributed by atoms with E-state index in [4.69, 9.17) is 18.5 Å². The number of hydrogen-bond acceptors (Lipinski definition) is 8. The smallest absolute Gasteiger partial charge is 0.306 e. The molecule has 2 atom stereocenters. The number of carbonyl (C=O) groups is 2. The van der Waals surface area contributed by atoms with E-state index in [0.29, 0.717) is 17.4 Å². The zero-order valence-electron chi connectivity index (χ0n) is 37.5. The zero-order valence-corrected chi connectivity index (χ0v) is 38.4. The molecule has 0 rings (SSSR count). The first-order chi connectivity index (χ1) is 27.5. The summed E-state index contributed by atoms with van der Waals surface area (Å²) in [6.07, 6.45) is 33.3. The largest absolute Gasteiger partial charge is 0.756 e. The predicted octanol–water partition coefficient (Wildman–Crippen LogP) is 11.8. The summed E-state index contributed by atoms with van der Waals surface area (Å²) in [6, 6.07) is 0. The monoisotopic (exact) mass is 824 g/mol. The zero-order chi connectivity index (χ0) is 42.1. The standard InChI is InChI=1S/C47H86NO8P/c1-6-8-10-12-14-16-18-20-21-22-23-24-25-26-28-30-32-34-36-38-40-47(50)56-45(44-55-57(51,52)54-42-41-48(3,4)5)43-53-46(49)39-37-35-33-31-29-27-19-17-15-13-11-9-7-2/h45H,6-21,26-44H2,1-5H3. The van der Waals surface area contributed by atoms with Crippen molar-refractivity contribution in [3.63, 3.8) is 0 Å². The lowest BCUT2D eigenvalue weighted by Gasteiger charge is -2.28. The minimum Gasteiger partial charge on any atom is -0.756 e. The van der Waals surface area contributed by atoms with Crippen molar-refractivity contribution in [2.24, 2.45) is 0 Å². The number of hydrogen-bond donors (Lipinski definition) is 0. The van der Waals surface area contributed by atoms with E-state index in [1.807, 2.05) is 21.1 Å². The number of likely N-dealkylation sites (N-methyl/N-ethyl adjacent to an activating group) is 1. The molecule has 0 aliphatic heterocycles. The van der Waals surface area contributed by atoms with E-state index in [0.717, 1.165) is 64.2 Å². The van der Waals surface area contributed by atoms with Crippen LogP contribution in [0.3, 0.4) is 0 Å². The summed E-state index contributed by atoms with van der Waals surface area (Å²) in [5.74, 6) is 11.5. The molecule has 10 heteroatoms. The molecule has 0 fully saturated rings. The number of carbonyl (C=O) groups excluding carboxylic acids is 2. The van der Waals surface area contributed by atoms with Gasteiger partial charge in [0.05, 0.1) is 27.7 Å². The van der Waals surface area contributed by atoms with Crippen LogP contribution in [0.1, 0.15) is 213 Å². The van der Waals surface area contributed by atoms with E-state index in [-0.39, 0.29) is 26.1 Å². The van der Waals surface area contributed by atoms with E-state index in [9.17, 15) is 19.0 Å². The SMILES string of the molecule is CCCCCCCCCCC#CC#CCCCCCCCCC(=O)OC(COC(=O)CCCCCCCCCCCCCCC)COP(=O)([O-])OCC[N+](C)(C)C. The molecule has 0 saturated carbocycles. The highest BCUT2D eigenvalue weighted by Gasteiger charge is 2.21. The molecule has 0 N–H and O–H groups in total. The first-order valence-corrected chi connectivity index (χ1v) is 24.7. The fourth-order valence-corrected chi connectivity index (χ4v) is 7.02. The van der Waals surface area contributed by atoms with Gasteiger partial charge >= 0.3 is 11.9 Å². The van der Waals surface area contributed by atoms with Crippen molar-refractivity contribution in [3.05, 3.63) is 0 Å². The maximum atomic E-state index is 12.7. The van der Waals surface area contributed by atoms with Crippen LogP contribution in [0, 0.1) is 23.7 Å². The number of ether oxygens (including phenoxy) is 2. The summed E-state index contributed by atoms with van der Waals surface area (Å²) >= 11 is 0. The molecule has 9 nitrogen and oxygen atoms in total. The van der Waals surface area contributed by atoms with Gasteiger partial charge in [0.1, 0.15) is 19.8 Å². The Morgan fingerprint density at radius 2 is 0.930 bits per heavy atom. The Hall–Kier alpha value is -1.87. The summed E-state index contributed by atoms with van der Waals surface area (Å²) in [6.45, 7) is 4.18. The molecular formula is C47H86NO8P. The van der Waals surface area contributed by atoms with Gasteiger partial charge in [-0.15, -0.1) is 0 Å². The number of quaternary nitrogens is 1. The first-order valence-electron chi connectivity index (χ1n) is 23.2. The van der Waals surface area contributed by atoms with Crippen molar-refractivity contribution in [2.45, 2.75) is 219 Å². The van der Waals surface area contributed by atoms with Gasteiger partial charge in [-0.2, -0.15) is 0 Å². The molecule has 0 spiro atoms. The van der Waals surface area contributed by atoms with Crippen LogP contribution in [0.4, 0.5) is 0 Å². The molecular weight excluding hydrogens is 737 g/mol. The highest BCUT2D eigenvalue weighted by Crippen LogP contribution is 2.38. The molecule has 2 unspecified atom stereocenters. The lowest BCUT2D eigenvalue weighted by atomic mass is 10.0. The van der Waals surface area contributed by atoms with E-state index in [2.05, 4.69) is 37.5 Å². The number of phosphoric acid groups is 1. The lowest BCUT2D eigenvalue weighted by molar-refractivity contribution is -0.870. The lowest BCUT2D eigenvalue weighted by Crippen LogP contribution is -2.37. The van der Waals surface area contributed by atoms with Crippen molar-refractivity contribution in [1.82, 2.24) is 0 Å². The van der Waals surface area contributed by atoms with Crippen molar-refractivity contribution >= 4 is 19.8 Å². The average Bonchev–Trinajstić information content (AvgIpc) is 3.16. The molecule has 0 bridgehead atoms. The van der Waals surface area contributed by atoms with Crippen LogP contribution in [-0.2, 0) is 32.7 Å². The Balaban J connectivity index is 4.34. The number of unbranched alkanes of at least 4 members (excludes halogenated alkanes) is 26. The van der Waals surface area contributed by atoms with Crippen LogP contribution in [-0.4, -0.2) is 70.0 Å². The van der Waals surface area contributed by atoms with Crippen LogP contribution in [0.5, 0.6) is 0 Å². The number of phosphoric ester groups is 1. The molecule has 0 aromatic heterocycles. The summed E-state index contributed by atoms with van der Waals surface area (Å²) in [5, 5.41) is 0. The Morgan fingerprint density at radius 3 is 1.35 bits per heavy atom. The van der Waals surface area contributed by atoms with Crippen LogP contribution in [0.15, 0.2) is 0 Å². The second-order valence-corrected chi connectivity index (χ2v) is 18.2. The van der Waals surface area contributed by atoms with Gasteiger partial charge in [0, 0.05) is 25.7 Å². The molecule has 0 heterocycles. The molecule has 332 valence electrons. The van der Waals surface area contributed by atoms with Gasteiger partial charge in [0.25, 0.3) is 7.82 Å². The highest BCUT2D eigenvalue weighted by atomic mass is 31.2. The maximum Gasteiger partial charge on any atom is 0.306 e. The first kappa shape index (κ1) is 55.1. The van der Waals surface area contributed by atoms with Gasteiger partial charge < -0.3 is 27.9 Å². The topological polar surface area (TPSA) is 111 Å². The molecule has 0 saturated heterocycles. The third-order valence-corrected chi connectivity index (χ3v) is 10.9. The average molecular weight is 824 g/mol. The van der Waals surface area contributed by atoms with E-state index >= 15 is 0 Å². The Morgan fingerprint density at radius 1 is 0.544 bits per heavy atom. The summed E-state index contributed by atoms with van der Waals surface area (Å²) in [7, 11) is 1.14. The number of nitrogens with zero attached hydrogens (tertiary/aromatic N) is 1. The van der Waals surface area contributed by atoms with E-state index in [1.54, 1.807) is 0 Å². The van der Waals surface area contributed by atoms with E-state index in [1.165, 1.54) is 116 Å². The fourth-order valence-electron chi connectivity index (χ4n) is 6.29. The van der Waals surface area contributed by atoms with Crippen molar-refractivity contribution in [2.75, 3.05) is 47.5 Å². The molecule has 57 heavy (non-hydrogen) atoms.